The molecule has 0 saturated carbocycles. The zero-order chi connectivity index (χ0) is 20.1. The normalized spacial score (nSPS) is 10.8. The minimum absolute atomic E-state index is 0.109. The maximum Gasteiger partial charge on any atom is 0.338 e. The van der Waals surface area contributed by atoms with Gasteiger partial charge in [-0.05, 0) is 61.7 Å². The number of aromatic nitrogens is 1. The SMILES string of the molecule is CCCCOC(=O)c1ccc(NC(=O)Cc2noc3cc(C)cc(C)c23)cc1. The van der Waals surface area contributed by atoms with Gasteiger partial charge in [0.25, 0.3) is 0 Å². The molecule has 6 heteroatoms. The first-order valence-electron chi connectivity index (χ1n) is 9.40. The summed E-state index contributed by atoms with van der Waals surface area (Å²) in [5.41, 5.74) is 4.49. The molecule has 0 bridgehead atoms. The minimum atomic E-state index is -0.355. The number of carbonyl (C=O) groups is 2. The molecule has 0 spiro atoms. The highest BCUT2D eigenvalue weighted by atomic mass is 16.5. The second-order valence-electron chi connectivity index (χ2n) is 6.88. The number of unbranched alkanes of at least 4 members (excludes halogenated alkanes) is 1. The van der Waals surface area contributed by atoms with Crippen LogP contribution in [0.3, 0.4) is 0 Å². The number of amides is 1. The molecule has 6 nitrogen and oxygen atoms in total. The highest BCUT2D eigenvalue weighted by Crippen LogP contribution is 2.24. The van der Waals surface area contributed by atoms with Crippen molar-refractivity contribution in [3.05, 3.63) is 58.8 Å². The zero-order valence-electron chi connectivity index (χ0n) is 16.4. The third-order valence-electron chi connectivity index (χ3n) is 4.45. The number of ether oxygens (including phenoxy) is 1. The molecule has 1 amide bonds. The molecular weight excluding hydrogens is 356 g/mol. The van der Waals surface area contributed by atoms with Crippen LogP contribution in [0, 0.1) is 13.8 Å². The van der Waals surface area contributed by atoms with E-state index in [4.69, 9.17) is 9.26 Å². The van der Waals surface area contributed by atoms with Gasteiger partial charge in [-0.2, -0.15) is 0 Å². The number of benzene rings is 2. The van der Waals surface area contributed by atoms with Gasteiger partial charge in [0, 0.05) is 11.1 Å². The summed E-state index contributed by atoms with van der Waals surface area (Å²) in [5.74, 6) is -0.556. The average Bonchev–Trinajstić information content (AvgIpc) is 3.05. The van der Waals surface area contributed by atoms with Gasteiger partial charge in [0.05, 0.1) is 18.6 Å². The molecule has 28 heavy (non-hydrogen) atoms. The van der Waals surface area contributed by atoms with Gasteiger partial charge in [-0.3, -0.25) is 4.79 Å². The monoisotopic (exact) mass is 380 g/mol. The fourth-order valence-corrected chi connectivity index (χ4v) is 3.08. The van der Waals surface area contributed by atoms with E-state index >= 15 is 0 Å². The second kappa shape index (κ2) is 8.69. The molecule has 2 aromatic carbocycles. The summed E-state index contributed by atoms with van der Waals surface area (Å²) in [5, 5.41) is 7.76. The van der Waals surface area contributed by atoms with E-state index in [2.05, 4.69) is 10.5 Å². The topological polar surface area (TPSA) is 81.4 Å². The van der Waals surface area contributed by atoms with Gasteiger partial charge in [-0.1, -0.05) is 24.6 Å². The lowest BCUT2D eigenvalue weighted by atomic mass is 10.0. The van der Waals surface area contributed by atoms with Crippen LogP contribution in [0.25, 0.3) is 11.0 Å². The van der Waals surface area contributed by atoms with Gasteiger partial charge in [0.15, 0.2) is 5.58 Å². The zero-order valence-corrected chi connectivity index (χ0v) is 16.4. The van der Waals surface area contributed by atoms with Crippen LogP contribution in [0.5, 0.6) is 0 Å². The summed E-state index contributed by atoms with van der Waals surface area (Å²) in [6.07, 6.45) is 1.92. The number of anilines is 1. The van der Waals surface area contributed by atoms with E-state index < -0.39 is 0 Å². The number of esters is 1. The molecule has 1 N–H and O–H groups in total. The molecule has 0 atom stereocenters. The van der Waals surface area contributed by atoms with Gasteiger partial charge in [-0.25, -0.2) is 4.79 Å². The Hall–Kier alpha value is -3.15. The van der Waals surface area contributed by atoms with Crippen molar-refractivity contribution < 1.29 is 18.8 Å². The first-order chi connectivity index (χ1) is 13.5. The molecule has 0 unspecified atom stereocenters. The van der Waals surface area contributed by atoms with Gasteiger partial charge in [0.2, 0.25) is 5.91 Å². The molecule has 0 saturated heterocycles. The standard InChI is InChI=1S/C22H24N2O4/c1-4-5-10-27-22(26)16-6-8-17(9-7-16)23-20(25)13-18-21-15(3)11-14(2)12-19(21)28-24-18/h6-9,11-12H,4-5,10,13H2,1-3H3,(H,23,25). The number of fused-ring (bicyclic) bond motifs is 1. The Morgan fingerprint density at radius 1 is 1.14 bits per heavy atom. The summed E-state index contributed by atoms with van der Waals surface area (Å²) in [4.78, 5) is 24.3. The molecule has 1 heterocycles. The van der Waals surface area contributed by atoms with Crippen molar-refractivity contribution in [2.75, 3.05) is 11.9 Å². The van der Waals surface area contributed by atoms with Crippen LogP contribution >= 0.6 is 0 Å². The fourth-order valence-electron chi connectivity index (χ4n) is 3.08. The number of hydrogen-bond acceptors (Lipinski definition) is 5. The smallest absolute Gasteiger partial charge is 0.338 e. The maximum absolute atomic E-state index is 12.4. The highest BCUT2D eigenvalue weighted by Gasteiger charge is 2.15. The predicted molar refractivity (Wildman–Crippen MR) is 107 cm³/mol. The fraction of sp³-hybridized carbons (Fsp3) is 0.318. The lowest BCUT2D eigenvalue weighted by Gasteiger charge is -2.07. The largest absolute Gasteiger partial charge is 0.462 e. The summed E-state index contributed by atoms with van der Waals surface area (Å²) >= 11 is 0. The van der Waals surface area contributed by atoms with Crippen LogP contribution in [0.15, 0.2) is 40.9 Å². The van der Waals surface area contributed by atoms with Crippen molar-refractivity contribution in [2.45, 2.75) is 40.0 Å². The van der Waals surface area contributed by atoms with Gasteiger partial charge >= 0.3 is 5.97 Å². The van der Waals surface area contributed by atoms with E-state index in [0.717, 1.165) is 29.4 Å². The molecule has 0 aliphatic carbocycles. The second-order valence-corrected chi connectivity index (χ2v) is 6.88. The van der Waals surface area contributed by atoms with Crippen molar-refractivity contribution in [1.82, 2.24) is 5.16 Å². The third kappa shape index (κ3) is 4.57. The minimum Gasteiger partial charge on any atom is -0.462 e. The Kier molecular flexibility index (Phi) is 6.09. The third-order valence-corrected chi connectivity index (χ3v) is 4.45. The van der Waals surface area contributed by atoms with Crippen molar-refractivity contribution in [2.24, 2.45) is 0 Å². The van der Waals surface area contributed by atoms with E-state index in [1.807, 2.05) is 32.9 Å². The Bertz CT molecular complexity index is 990. The van der Waals surface area contributed by atoms with Crippen LogP contribution in [-0.4, -0.2) is 23.6 Å². The maximum atomic E-state index is 12.4. The molecule has 3 rings (SSSR count). The van der Waals surface area contributed by atoms with Crippen LogP contribution in [0.1, 0.15) is 46.9 Å². The van der Waals surface area contributed by atoms with Crippen LogP contribution in [0.4, 0.5) is 5.69 Å². The molecular formula is C22H24N2O4. The van der Waals surface area contributed by atoms with Crippen molar-refractivity contribution in [3.8, 4) is 0 Å². The van der Waals surface area contributed by atoms with Crippen LogP contribution in [0.2, 0.25) is 0 Å². The number of rotatable bonds is 7. The Balaban J connectivity index is 1.63. The molecule has 0 radical (unpaired) electrons. The first kappa shape index (κ1) is 19.6. The predicted octanol–water partition coefficient (Wildman–Crippen LogP) is 4.58. The number of hydrogen-bond donors (Lipinski definition) is 1. The Morgan fingerprint density at radius 2 is 1.89 bits per heavy atom. The summed E-state index contributed by atoms with van der Waals surface area (Å²) in [6.45, 7) is 6.42. The van der Waals surface area contributed by atoms with E-state index in [-0.39, 0.29) is 18.3 Å². The number of nitrogens with one attached hydrogen (secondary N) is 1. The average molecular weight is 380 g/mol. The number of nitrogens with zero attached hydrogens (tertiary/aromatic N) is 1. The van der Waals surface area contributed by atoms with Gasteiger partial charge in [-0.15, -0.1) is 0 Å². The number of aryl methyl sites for hydroxylation is 2. The summed E-state index contributed by atoms with van der Waals surface area (Å²) < 4.78 is 10.5. The van der Waals surface area contributed by atoms with Crippen molar-refractivity contribution >= 4 is 28.5 Å². The summed E-state index contributed by atoms with van der Waals surface area (Å²) in [7, 11) is 0. The van der Waals surface area contributed by atoms with Gasteiger partial charge in [0.1, 0.15) is 5.69 Å². The van der Waals surface area contributed by atoms with E-state index in [1.54, 1.807) is 24.3 Å². The highest BCUT2D eigenvalue weighted by molar-refractivity contribution is 5.96. The van der Waals surface area contributed by atoms with Crippen molar-refractivity contribution in [3.63, 3.8) is 0 Å². The van der Waals surface area contributed by atoms with E-state index in [9.17, 15) is 9.59 Å². The molecule has 0 fully saturated rings. The Morgan fingerprint density at radius 3 is 2.61 bits per heavy atom. The summed E-state index contributed by atoms with van der Waals surface area (Å²) in [6, 6.07) is 10.6. The van der Waals surface area contributed by atoms with Crippen LogP contribution < -0.4 is 5.32 Å². The van der Waals surface area contributed by atoms with Crippen molar-refractivity contribution in [1.29, 1.82) is 0 Å². The van der Waals surface area contributed by atoms with Crippen LogP contribution in [-0.2, 0) is 16.0 Å². The lowest BCUT2D eigenvalue weighted by molar-refractivity contribution is -0.115. The number of carbonyl (C=O) groups excluding carboxylic acids is 2. The first-order valence-corrected chi connectivity index (χ1v) is 9.40. The molecule has 1 aromatic heterocycles. The molecule has 146 valence electrons. The Labute approximate surface area is 163 Å². The quantitative estimate of drug-likeness (QED) is 0.479. The van der Waals surface area contributed by atoms with Gasteiger partial charge < -0.3 is 14.6 Å². The molecule has 0 aliphatic heterocycles. The molecule has 3 aromatic rings. The van der Waals surface area contributed by atoms with E-state index in [1.165, 1.54) is 0 Å². The lowest BCUT2D eigenvalue weighted by Crippen LogP contribution is -2.15. The van der Waals surface area contributed by atoms with E-state index in [0.29, 0.717) is 29.1 Å². The molecule has 0 aliphatic rings.